The average molecular weight is 453 g/mol. The number of alkyl halides is 3. The Hall–Kier alpha value is -3.07. The number of nitrogens with one attached hydrogen (secondary N) is 1. The number of primary amides is 1. The van der Waals surface area contributed by atoms with Gasteiger partial charge in [0.15, 0.2) is 0 Å². The molecule has 0 aromatic carbocycles. The van der Waals surface area contributed by atoms with Gasteiger partial charge in [0, 0.05) is 12.0 Å². The van der Waals surface area contributed by atoms with Crippen molar-refractivity contribution >= 4 is 33.7 Å². The van der Waals surface area contributed by atoms with Gasteiger partial charge >= 0.3 is 24.0 Å². The van der Waals surface area contributed by atoms with Crippen LogP contribution in [0.3, 0.4) is 0 Å². The molecule has 0 atom stereocenters. The molecule has 2 heterocycles. The van der Waals surface area contributed by atoms with E-state index in [-0.39, 0.29) is 38.4 Å². The summed E-state index contributed by atoms with van der Waals surface area (Å²) in [4.78, 5) is 47.9. The number of nitrogens with zero attached hydrogens (tertiary/aromatic N) is 3. The third-order valence-corrected chi connectivity index (χ3v) is 5.35. The minimum atomic E-state index is -4.81. The molecule has 2 rings (SSSR count). The highest BCUT2D eigenvalue weighted by Crippen LogP contribution is 2.29. The van der Waals surface area contributed by atoms with Crippen molar-refractivity contribution in [1.29, 1.82) is 0 Å². The second-order valence-electron chi connectivity index (χ2n) is 6.11. The quantitative estimate of drug-likeness (QED) is 0.551. The standard InChI is InChI=1S/C15H18F3N5O6S/c1-7-8(5-23(12(19)25)20-13(26)27)30-11-9(7)10(24)22(6-15(16,17)18)14(28)21(11)3-4-29-2/h20H,3-6H2,1-2H3,(H2,19,25)(H,26,27). The maximum Gasteiger partial charge on any atom is 0.423 e. The third kappa shape index (κ3) is 4.91. The lowest BCUT2D eigenvalue weighted by atomic mass is 10.2. The number of amides is 3. The minimum absolute atomic E-state index is 0.0144. The number of methoxy groups -OCH3 is 1. The number of rotatable bonds is 6. The van der Waals surface area contributed by atoms with Gasteiger partial charge in [0.2, 0.25) is 0 Å². The van der Waals surface area contributed by atoms with E-state index in [1.165, 1.54) is 14.0 Å². The van der Waals surface area contributed by atoms with Crippen molar-refractivity contribution in [2.45, 2.75) is 32.7 Å². The molecular formula is C15H18F3N5O6S. The monoisotopic (exact) mass is 453 g/mol. The second kappa shape index (κ2) is 8.74. The van der Waals surface area contributed by atoms with E-state index >= 15 is 0 Å². The number of hydrogen-bond donors (Lipinski definition) is 3. The normalized spacial score (nSPS) is 11.6. The van der Waals surface area contributed by atoms with Gasteiger partial charge < -0.3 is 15.6 Å². The first kappa shape index (κ1) is 23.2. The number of aryl methyl sites for hydroxylation is 1. The molecule has 11 nitrogen and oxygen atoms in total. The largest absolute Gasteiger partial charge is 0.464 e. The number of fused-ring (bicyclic) bond motifs is 1. The summed E-state index contributed by atoms with van der Waals surface area (Å²) in [5, 5.41) is 9.21. The predicted molar refractivity (Wildman–Crippen MR) is 99.3 cm³/mol. The molecule has 0 saturated carbocycles. The molecule has 15 heteroatoms. The van der Waals surface area contributed by atoms with Gasteiger partial charge in [0.1, 0.15) is 11.4 Å². The van der Waals surface area contributed by atoms with Crippen LogP contribution < -0.4 is 22.4 Å². The maximum absolute atomic E-state index is 12.9. The summed E-state index contributed by atoms with van der Waals surface area (Å²) in [6, 6.07) is -1.14. The number of hydrazine groups is 1. The SMILES string of the molecule is COCCn1c(=O)n(CC(F)(F)F)c(=O)c2c(C)c(CN(NC(=O)O)C(N)=O)sc21. The van der Waals surface area contributed by atoms with Gasteiger partial charge in [-0.2, -0.15) is 13.2 Å². The van der Waals surface area contributed by atoms with Crippen molar-refractivity contribution in [1.82, 2.24) is 19.6 Å². The number of hydrogen-bond acceptors (Lipinski definition) is 6. The molecule has 0 saturated heterocycles. The van der Waals surface area contributed by atoms with E-state index in [0.29, 0.717) is 5.01 Å². The Balaban J connectivity index is 2.73. The number of carbonyl (C=O) groups excluding carboxylic acids is 1. The predicted octanol–water partition coefficient (Wildman–Crippen LogP) is 0.805. The van der Waals surface area contributed by atoms with E-state index in [9.17, 15) is 32.3 Å². The van der Waals surface area contributed by atoms with Crippen LogP contribution in [-0.2, 0) is 24.4 Å². The molecule has 0 fully saturated rings. The van der Waals surface area contributed by atoms with Gasteiger partial charge in [-0.3, -0.25) is 13.9 Å². The maximum atomic E-state index is 12.9. The van der Waals surface area contributed by atoms with Crippen LogP contribution in [0.5, 0.6) is 0 Å². The highest BCUT2D eigenvalue weighted by molar-refractivity contribution is 7.18. The summed E-state index contributed by atoms with van der Waals surface area (Å²) in [5.41, 5.74) is 4.79. The molecule has 0 radical (unpaired) electrons. The highest BCUT2D eigenvalue weighted by Gasteiger charge is 2.32. The van der Waals surface area contributed by atoms with Gasteiger partial charge in [0.05, 0.1) is 25.1 Å². The summed E-state index contributed by atoms with van der Waals surface area (Å²) in [6.45, 7) is -0.898. The summed E-state index contributed by atoms with van der Waals surface area (Å²) in [5.74, 6) is 0. The van der Waals surface area contributed by atoms with Gasteiger partial charge in [0.25, 0.3) is 5.56 Å². The topological polar surface area (TPSA) is 149 Å². The zero-order chi connectivity index (χ0) is 22.8. The lowest BCUT2D eigenvalue weighted by Crippen LogP contribution is -2.47. The number of nitrogens with two attached hydrogens (primary N) is 1. The van der Waals surface area contributed by atoms with E-state index in [2.05, 4.69) is 0 Å². The van der Waals surface area contributed by atoms with E-state index in [1.807, 2.05) is 0 Å². The number of thiophene rings is 1. The molecule has 0 bridgehead atoms. The minimum Gasteiger partial charge on any atom is -0.464 e. The van der Waals surface area contributed by atoms with Gasteiger partial charge in [-0.1, -0.05) is 0 Å². The summed E-state index contributed by atoms with van der Waals surface area (Å²) < 4.78 is 44.7. The van der Waals surface area contributed by atoms with Crippen LogP contribution in [0.1, 0.15) is 10.4 Å². The summed E-state index contributed by atoms with van der Waals surface area (Å²) in [6.07, 6.45) is -6.38. The van der Waals surface area contributed by atoms with E-state index in [0.717, 1.165) is 15.9 Å². The van der Waals surface area contributed by atoms with Crippen molar-refractivity contribution in [3.05, 3.63) is 31.3 Å². The van der Waals surface area contributed by atoms with Crippen molar-refractivity contribution in [3.63, 3.8) is 0 Å². The molecule has 0 aliphatic heterocycles. The molecule has 2 aromatic rings. The Morgan fingerprint density at radius 2 is 1.93 bits per heavy atom. The molecule has 0 spiro atoms. The number of aromatic nitrogens is 2. The van der Waals surface area contributed by atoms with Crippen molar-refractivity contribution in [2.75, 3.05) is 13.7 Å². The first-order valence-corrected chi connectivity index (χ1v) is 9.06. The van der Waals surface area contributed by atoms with Crippen molar-refractivity contribution < 1.29 is 32.6 Å². The summed E-state index contributed by atoms with van der Waals surface area (Å²) >= 11 is 0.859. The Labute approximate surface area is 170 Å². The van der Waals surface area contributed by atoms with Crippen molar-refractivity contribution in [3.8, 4) is 0 Å². The number of carboxylic acid groups (broad SMARTS) is 1. The molecule has 0 unspecified atom stereocenters. The van der Waals surface area contributed by atoms with Gasteiger partial charge in [-0.15, -0.1) is 11.3 Å². The van der Waals surface area contributed by atoms with Gasteiger partial charge in [-0.25, -0.2) is 24.8 Å². The lowest BCUT2D eigenvalue weighted by molar-refractivity contribution is -0.141. The molecule has 0 aliphatic carbocycles. The van der Waals surface area contributed by atoms with Crippen molar-refractivity contribution in [2.24, 2.45) is 5.73 Å². The van der Waals surface area contributed by atoms with Crippen LogP contribution in [0.25, 0.3) is 10.2 Å². The molecule has 166 valence electrons. The Kier molecular flexibility index (Phi) is 6.77. The Morgan fingerprint density at radius 1 is 1.30 bits per heavy atom. The third-order valence-electron chi connectivity index (χ3n) is 4.05. The first-order chi connectivity index (χ1) is 13.9. The second-order valence-corrected chi connectivity index (χ2v) is 7.19. The fraction of sp³-hybridized carbons (Fsp3) is 0.467. The molecule has 4 N–H and O–H groups in total. The molecular weight excluding hydrogens is 435 g/mol. The zero-order valence-electron chi connectivity index (χ0n) is 15.8. The average Bonchev–Trinajstić information content (AvgIpc) is 2.93. The fourth-order valence-corrected chi connectivity index (χ4v) is 4.03. The van der Waals surface area contributed by atoms with Crippen LogP contribution in [0.4, 0.5) is 22.8 Å². The van der Waals surface area contributed by atoms with Gasteiger partial charge in [-0.05, 0) is 12.5 Å². The molecule has 2 aromatic heterocycles. The first-order valence-electron chi connectivity index (χ1n) is 8.25. The lowest BCUT2D eigenvalue weighted by Gasteiger charge is -2.18. The van der Waals surface area contributed by atoms with Crippen LogP contribution in [0.15, 0.2) is 9.59 Å². The number of carbonyl (C=O) groups is 2. The van der Waals surface area contributed by atoms with E-state index < -0.39 is 42.6 Å². The summed E-state index contributed by atoms with van der Waals surface area (Å²) in [7, 11) is 1.33. The Bertz CT molecular complexity index is 1090. The number of urea groups is 1. The van der Waals surface area contributed by atoms with E-state index in [4.69, 9.17) is 15.6 Å². The number of ether oxygens (including phenoxy) is 1. The molecule has 3 amide bonds. The molecule has 30 heavy (non-hydrogen) atoms. The number of halogens is 3. The van der Waals surface area contributed by atoms with Crippen LogP contribution in [0.2, 0.25) is 0 Å². The van der Waals surface area contributed by atoms with Crippen LogP contribution in [0, 0.1) is 6.92 Å². The zero-order valence-corrected chi connectivity index (χ0v) is 16.6. The van der Waals surface area contributed by atoms with Crippen LogP contribution in [-0.4, -0.2) is 51.3 Å². The Morgan fingerprint density at radius 3 is 2.43 bits per heavy atom. The van der Waals surface area contributed by atoms with Crippen LogP contribution >= 0.6 is 11.3 Å². The smallest absolute Gasteiger partial charge is 0.423 e. The van der Waals surface area contributed by atoms with E-state index in [1.54, 1.807) is 5.43 Å². The highest BCUT2D eigenvalue weighted by atomic mass is 32.1. The molecule has 0 aliphatic rings. The fourth-order valence-electron chi connectivity index (χ4n) is 2.72.